The number of rotatable bonds is 6. The lowest BCUT2D eigenvalue weighted by Crippen LogP contribution is -2.43. The van der Waals surface area contributed by atoms with E-state index in [1.807, 2.05) is 0 Å². The van der Waals surface area contributed by atoms with Gasteiger partial charge in [0.05, 0.1) is 24.4 Å². The van der Waals surface area contributed by atoms with E-state index in [1.165, 1.54) is 37.3 Å². The third-order valence-corrected chi connectivity index (χ3v) is 5.47. The van der Waals surface area contributed by atoms with Crippen molar-refractivity contribution in [1.29, 1.82) is 0 Å². The van der Waals surface area contributed by atoms with E-state index in [0.717, 1.165) is 22.8 Å². The van der Waals surface area contributed by atoms with Crippen LogP contribution in [0.2, 0.25) is 0 Å². The van der Waals surface area contributed by atoms with Gasteiger partial charge in [0.2, 0.25) is 5.95 Å². The monoisotopic (exact) mass is 470 g/mol. The Morgan fingerprint density at radius 2 is 1.68 bits per heavy atom. The van der Waals surface area contributed by atoms with Crippen molar-refractivity contribution in [3.8, 4) is 16.9 Å². The maximum absolute atomic E-state index is 14.7. The molecule has 0 fully saturated rings. The Balaban J connectivity index is 2.12. The summed E-state index contributed by atoms with van der Waals surface area (Å²) in [4.78, 5) is 21.6. The number of nitrogens with zero attached hydrogens (tertiary/aromatic N) is 3. The van der Waals surface area contributed by atoms with E-state index in [9.17, 15) is 28.2 Å². The van der Waals surface area contributed by atoms with E-state index < -0.39 is 47.5 Å². The first-order valence-corrected chi connectivity index (χ1v) is 10.3. The molecule has 10 heteroatoms. The summed E-state index contributed by atoms with van der Waals surface area (Å²) in [6, 6.07) is 9.80. The van der Waals surface area contributed by atoms with Crippen molar-refractivity contribution in [2.45, 2.75) is 19.4 Å². The molecule has 0 saturated carbocycles. The molecule has 2 aromatic heterocycles. The van der Waals surface area contributed by atoms with E-state index in [1.54, 1.807) is 6.92 Å². The van der Waals surface area contributed by atoms with Gasteiger partial charge in [0.15, 0.2) is 5.65 Å². The topological polar surface area (TPSA) is 100 Å². The molecule has 0 spiro atoms. The lowest BCUT2D eigenvalue weighted by atomic mass is 10.0. The van der Waals surface area contributed by atoms with Crippen LogP contribution < -0.4 is 10.9 Å². The quantitative estimate of drug-likeness (QED) is 0.400. The van der Waals surface area contributed by atoms with Crippen LogP contribution in [0.5, 0.6) is 0 Å². The predicted molar refractivity (Wildman–Crippen MR) is 121 cm³/mol. The van der Waals surface area contributed by atoms with Crippen LogP contribution in [-0.2, 0) is 0 Å². The van der Waals surface area contributed by atoms with Gasteiger partial charge in [0.25, 0.3) is 5.56 Å². The van der Waals surface area contributed by atoms with Crippen LogP contribution >= 0.6 is 0 Å². The number of aliphatic hydroxyl groups excluding tert-OH is 2. The lowest BCUT2D eigenvalue weighted by Gasteiger charge is -2.26. The highest BCUT2D eigenvalue weighted by Crippen LogP contribution is 2.31. The Morgan fingerprint density at radius 3 is 2.29 bits per heavy atom. The maximum Gasteiger partial charge on any atom is 0.256 e. The van der Waals surface area contributed by atoms with E-state index in [4.69, 9.17) is 0 Å². The Kier molecular flexibility index (Phi) is 6.11. The van der Waals surface area contributed by atoms with Gasteiger partial charge in [0.1, 0.15) is 23.1 Å². The van der Waals surface area contributed by atoms with Crippen molar-refractivity contribution in [3.05, 3.63) is 81.9 Å². The van der Waals surface area contributed by atoms with Gasteiger partial charge in [-0.05, 0) is 55.8 Å². The van der Waals surface area contributed by atoms with Gasteiger partial charge in [-0.15, -0.1) is 0 Å². The van der Waals surface area contributed by atoms with Crippen molar-refractivity contribution in [3.63, 3.8) is 0 Å². The van der Waals surface area contributed by atoms with Gasteiger partial charge in [-0.25, -0.2) is 18.2 Å². The fourth-order valence-corrected chi connectivity index (χ4v) is 3.59. The molecule has 0 unspecified atom stereocenters. The molecule has 176 valence electrons. The zero-order valence-corrected chi connectivity index (χ0v) is 18.3. The number of nitrogens with one attached hydrogen (secondary N) is 1. The van der Waals surface area contributed by atoms with Crippen molar-refractivity contribution < 1.29 is 23.4 Å². The minimum Gasteiger partial charge on any atom is -0.394 e. The number of halogens is 3. The minimum atomic E-state index is -1.24. The fraction of sp³-hybridized carbons (Fsp3) is 0.208. The van der Waals surface area contributed by atoms with Crippen LogP contribution in [0.25, 0.3) is 28.0 Å². The minimum absolute atomic E-state index is 0.118. The summed E-state index contributed by atoms with van der Waals surface area (Å²) in [5, 5.41) is 22.5. The summed E-state index contributed by atoms with van der Waals surface area (Å²) < 4.78 is 43.9. The standard InChI is InChI=1S/C24H21F3N4O3/c1-13-10-14(25)6-7-15(13)20-16-8-9-19(34)31(21-17(26)4-3-5-18(21)27)22(16)29-23(28-20)30-24(2,11-32)12-33/h3-10,32-33H,11-12H2,1-2H3,(H,28,29,30). The van der Waals surface area contributed by atoms with Crippen LogP contribution in [0.3, 0.4) is 0 Å². The number of aromatic nitrogens is 3. The first-order valence-electron chi connectivity index (χ1n) is 10.3. The molecule has 2 heterocycles. The number of para-hydroxylation sites is 1. The average Bonchev–Trinajstić information content (AvgIpc) is 2.80. The Bertz CT molecular complexity index is 1430. The number of benzene rings is 2. The molecule has 4 aromatic rings. The van der Waals surface area contributed by atoms with Crippen molar-refractivity contribution in [2.24, 2.45) is 0 Å². The molecule has 4 rings (SSSR count). The second-order valence-corrected chi connectivity index (χ2v) is 8.17. The number of aryl methyl sites for hydroxylation is 1. The van der Waals surface area contributed by atoms with Crippen LogP contribution in [-0.4, -0.2) is 43.5 Å². The van der Waals surface area contributed by atoms with Crippen LogP contribution in [0, 0.1) is 24.4 Å². The van der Waals surface area contributed by atoms with Crippen molar-refractivity contribution in [1.82, 2.24) is 14.5 Å². The van der Waals surface area contributed by atoms with Gasteiger partial charge in [-0.1, -0.05) is 6.07 Å². The zero-order chi connectivity index (χ0) is 24.6. The highest BCUT2D eigenvalue weighted by Gasteiger charge is 2.26. The molecule has 2 aromatic carbocycles. The Labute approximate surface area is 192 Å². The molecular weight excluding hydrogens is 449 g/mol. The highest BCUT2D eigenvalue weighted by molar-refractivity contribution is 5.93. The molecule has 0 saturated heterocycles. The summed E-state index contributed by atoms with van der Waals surface area (Å²) in [6.07, 6.45) is 0. The SMILES string of the molecule is Cc1cc(F)ccc1-c1nc(NC(C)(CO)CO)nc2c1ccc(=O)n2-c1c(F)cccc1F. The summed E-state index contributed by atoms with van der Waals surface area (Å²) in [6.45, 7) is 2.20. The van der Waals surface area contributed by atoms with E-state index in [0.29, 0.717) is 11.1 Å². The van der Waals surface area contributed by atoms with Crippen LogP contribution in [0.4, 0.5) is 19.1 Å². The normalized spacial score (nSPS) is 11.7. The smallest absolute Gasteiger partial charge is 0.256 e. The average molecular weight is 470 g/mol. The largest absolute Gasteiger partial charge is 0.394 e. The number of anilines is 1. The molecule has 0 atom stereocenters. The molecule has 34 heavy (non-hydrogen) atoms. The summed E-state index contributed by atoms with van der Waals surface area (Å²) in [7, 11) is 0. The lowest BCUT2D eigenvalue weighted by molar-refractivity contribution is 0.147. The molecule has 0 aliphatic heterocycles. The third kappa shape index (κ3) is 4.13. The first-order chi connectivity index (χ1) is 16.2. The summed E-state index contributed by atoms with van der Waals surface area (Å²) in [5.74, 6) is -2.53. The second kappa shape index (κ2) is 8.88. The van der Waals surface area contributed by atoms with Crippen molar-refractivity contribution >= 4 is 17.0 Å². The number of pyridine rings is 1. The van der Waals surface area contributed by atoms with Gasteiger partial charge in [-0.3, -0.25) is 9.36 Å². The second-order valence-electron chi connectivity index (χ2n) is 8.17. The van der Waals surface area contributed by atoms with E-state index >= 15 is 0 Å². The van der Waals surface area contributed by atoms with Gasteiger partial charge in [-0.2, -0.15) is 4.98 Å². The molecule has 0 aliphatic carbocycles. The molecule has 0 bridgehead atoms. The van der Waals surface area contributed by atoms with Gasteiger partial charge >= 0.3 is 0 Å². The highest BCUT2D eigenvalue weighted by atomic mass is 19.1. The van der Waals surface area contributed by atoms with Crippen LogP contribution in [0.1, 0.15) is 12.5 Å². The third-order valence-electron chi connectivity index (χ3n) is 5.47. The van der Waals surface area contributed by atoms with E-state index in [2.05, 4.69) is 15.3 Å². The zero-order valence-electron chi connectivity index (χ0n) is 18.3. The number of fused-ring (bicyclic) bond motifs is 1. The fourth-order valence-electron chi connectivity index (χ4n) is 3.59. The molecule has 0 radical (unpaired) electrons. The van der Waals surface area contributed by atoms with Gasteiger partial charge in [0, 0.05) is 17.0 Å². The summed E-state index contributed by atoms with van der Waals surface area (Å²) in [5.41, 5.74) is -1.45. The van der Waals surface area contributed by atoms with Gasteiger partial charge < -0.3 is 15.5 Å². The van der Waals surface area contributed by atoms with E-state index in [-0.39, 0.29) is 22.7 Å². The number of hydrogen-bond donors (Lipinski definition) is 3. The predicted octanol–water partition coefficient (Wildman–Crippen LogP) is 3.33. The number of hydrogen-bond acceptors (Lipinski definition) is 6. The summed E-state index contributed by atoms with van der Waals surface area (Å²) >= 11 is 0. The Morgan fingerprint density at radius 1 is 1.00 bits per heavy atom. The molecule has 0 aliphatic rings. The van der Waals surface area contributed by atoms with Crippen molar-refractivity contribution in [2.75, 3.05) is 18.5 Å². The first kappa shape index (κ1) is 23.4. The molecule has 7 nitrogen and oxygen atoms in total. The van der Waals surface area contributed by atoms with Crippen LogP contribution in [0.15, 0.2) is 53.3 Å². The maximum atomic E-state index is 14.7. The molecular formula is C24H21F3N4O3. The number of aliphatic hydroxyl groups is 2. The molecule has 0 amide bonds. The Hall–Kier alpha value is -3.76. The molecule has 3 N–H and O–H groups in total.